The van der Waals surface area contributed by atoms with Crippen LogP contribution < -0.4 is 10.2 Å². The molecule has 4 amide bonds. The average Bonchev–Trinajstić information content (AvgIpc) is 3.52. The first-order valence-corrected chi connectivity index (χ1v) is 12.6. The molecule has 5 rings (SSSR count). The molecule has 0 bridgehead atoms. The molecule has 7 nitrogen and oxygen atoms in total. The van der Waals surface area contributed by atoms with Crippen molar-refractivity contribution in [1.82, 2.24) is 15.2 Å². The molecule has 3 aromatic rings. The van der Waals surface area contributed by atoms with E-state index in [9.17, 15) is 14.4 Å². The zero-order valence-electron chi connectivity index (χ0n) is 19.4. The number of nitrogens with zero attached hydrogens (tertiary/aromatic N) is 3. The van der Waals surface area contributed by atoms with Gasteiger partial charge in [-0.05, 0) is 48.6 Å². The van der Waals surface area contributed by atoms with E-state index in [-0.39, 0.29) is 24.8 Å². The molecule has 0 radical (unpaired) electrons. The predicted molar refractivity (Wildman–Crippen MR) is 133 cm³/mol. The summed E-state index contributed by atoms with van der Waals surface area (Å²) >= 11 is 1.45. The van der Waals surface area contributed by atoms with Gasteiger partial charge in [0.25, 0.3) is 5.91 Å². The zero-order chi connectivity index (χ0) is 23.9. The van der Waals surface area contributed by atoms with Crippen LogP contribution in [0, 0.1) is 0 Å². The Morgan fingerprint density at radius 1 is 1.12 bits per heavy atom. The number of rotatable bonds is 6. The molecule has 2 heterocycles. The maximum atomic E-state index is 13.5. The number of benzene rings is 2. The normalized spacial score (nSPS) is 17.2. The Bertz CT molecular complexity index is 1210. The van der Waals surface area contributed by atoms with E-state index in [1.54, 1.807) is 4.90 Å². The Kier molecular flexibility index (Phi) is 5.85. The second kappa shape index (κ2) is 8.83. The average molecular weight is 477 g/mol. The molecule has 1 saturated carbocycles. The van der Waals surface area contributed by atoms with Crippen LogP contribution in [0.5, 0.6) is 0 Å². The number of para-hydroxylation sites is 1. The summed E-state index contributed by atoms with van der Waals surface area (Å²) in [6, 6.07) is 15.3. The van der Waals surface area contributed by atoms with Gasteiger partial charge < -0.3 is 5.32 Å². The molecule has 34 heavy (non-hydrogen) atoms. The van der Waals surface area contributed by atoms with Crippen molar-refractivity contribution in [2.45, 2.75) is 57.4 Å². The Hall–Kier alpha value is -3.26. The van der Waals surface area contributed by atoms with Gasteiger partial charge in [0.05, 0.1) is 15.9 Å². The summed E-state index contributed by atoms with van der Waals surface area (Å²) < 4.78 is 0.992. The lowest BCUT2D eigenvalue weighted by Crippen LogP contribution is -2.44. The molecule has 8 heteroatoms. The fourth-order valence-corrected chi connectivity index (χ4v) is 5.85. The van der Waals surface area contributed by atoms with E-state index in [0.29, 0.717) is 23.9 Å². The van der Waals surface area contributed by atoms with Crippen LogP contribution in [0.15, 0.2) is 48.5 Å². The number of urea groups is 1. The fraction of sp³-hybridized carbons (Fsp3) is 0.385. The van der Waals surface area contributed by atoms with E-state index in [2.05, 4.69) is 19.2 Å². The van der Waals surface area contributed by atoms with Gasteiger partial charge in [-0.1, -0.05) is 62.3 Å². The monoisotopic (exact) mass is 476 g/mol. The van der Waals surface area contributed by atoms with Gasteiger partial charge in [0.15, 0.2) is 5.13 Å². The number of hydrogen-bond acceptors (Lipinski definition) is 5. The number of carbonyl (C=O) groups excluding carboxylic acids is 3. The molecule has 1 N–H and O–H groups in total. The number of thiazole rings is 1. The predicted octanol–water partition coefficient (Wildman–Crippen LogP) is 5.34. The lowest BCUT2D eigenvalue weighted by atomic mass is 9.98. The minimum absolute atomic E-state index is 0.0249. The quantitative estimate of drug-likeness (QED) is 0.487. The summed E-state index contributed by atoms with van der Waals surface area (Å²) in [5.74, 6) is -0.0248. The Morgan fingerprint density at radius 2 is 1.82 bits per heavy atom. The number of aromatic nitrogens is 1. The first kappa shape index (κ1) is 22.5. The summed E-state index contributed by atoms with van der Waals surface area (Å²) in [6.45, 7) is 4.30. The van der Waals surface area contributed by atoms with Gasteiger partial charge in [-0.25, -0.2) is 9.78 Å². The first-order valence-electron chi connectivity index (χ1n) is 11.8. The Morgan fingerprint density at radius 3 is 2.50 bits per heavy atom. The maximum Gasteiger partial charge on any atom is 0.325 e. The zero-order valence-corrected chi connectivity index (χ0v) is 20.2. The van der Waals surface area contributed by atoms with Gasteiger partial charge in [-0.15, -0.1) is 0 Å². The van der Waals surface area contributed by atoms with Crippen molar-refractivity contribution in [1.29, 1.82) is 0 Å². The number of amides is 4. The largest absolute Gasteiger partial charge is 0.325 e. The van der Waals surface area contributed by atoms with Crippen LogP contribution in [-0.2, 0) is 9.59 Å². The van der Waals surface area contributed by atoms with E-state index in [1.165, 1.54) is 21.8 Å². The van der Waals surface area contributed by atoms with Crippen molar-refractivity contribution < 1.29 is 14.4 Å². The maximum absolute atomic E-state index is 13.5. The third-order valence-corrected chi connectivity index (χ3v) is 7.82. The second-order valence-corrected chi connectivity index (χ2v) is 10.4. The van der Waals surface area contributed by atoms with Crippen molar-refractivity contribution in [2.75, 3.05) is 11.4 Å². The Balaban J connectivity index is 1.41. The SMILES string of the molecule is CC(C)c1ccc(N(C(=O)CCN2C(=O)NC3(CCCC3)C2=O)c2nc3ccccc3s2)cc1. The molecule has 1 aliphatic carbocycles. The highest BCUT2D eigenvalue weighted by Crippen LogP contribution is 2.36. The summed E-state index contributed by atoms with van der Waals surface area (Å²) in [5.41, 5.74) is 1.97. The molecule has 1 saturated heterocycles. The number of carbonyl (C=O) groups is 3. The molecule has 2 aliphatic rings. The molecule has 2 fully saturated rings. The van der Waals surface area contributed by atoms with Crippen LogP contribution in [0.25, 0.3) is 10.2 Å². The van der Waals surface area contributed by atoms with Crippen molar-refractivity contribution in [3.63, 3.8) is 0 Å². The van der Waals surface area contributed by atoms with Gasteiger partial charge in [0.2, 0.25) is 5.91 Å². The van der Waals surface area contributed by atoms with E-state index < -0.39 is 11.6 Å². The highest BCUT2D eigenvalue weighted by Gasteiger charge is 2.52. The van der Waals surface area contributed by atoms with Crippen molar-refractivity contribution in [3.8, 4) is 0 Å². The van der Waals surface area contributed by atoms with E-state index >= 15 is 0 Å². The third-order valence-electron chi connectivity index (χ3n) is 6.79. The molecule has 1 aromatic heterocycles. The Labute approximate surface area is 202 Å². The summed E-state index contributed by atoms with van der Waals surface area (Å²) in [4.78, 5) is 46.6. The first-order chi connectivity index (χ1) is 16.4. The molecule has 1 aliphatic heterocycles. The number of anilines is 2. The van der Waals surface area contributed by atoms with Crippen LogP contribution in [0.2, 0.25) is 0 Å². The molecular weight excluding hydrogens is 448 g/mol. The molecule has 176 valence electrons. The highest BCUT2D eigenvalue weighted by molar-refractivity contribution is 7.22. The standard InChI is InChI=1S/C26H28N4O3S/c1-17(2)18-9-11-19(12-10-18)30(25-27-20-7-3-4-8-21(20)34-25)22(31)13-16-29-23(32)26(28-24(29)33)14-5-6-15-26/h3-4,7-12,17H,5-6,13-16H2,1-2H3,(H,28,33). The van der Waals surface area contributed by atoms with Crippen LogP contribution in [0.1, 0.15) is 57.4 Å². The van der Waals surface area contributed by atoms with Crippen molar-refractivity contribution in [3.05, 3.63) is 54.1 Å². The van der Waals surface area contributed by atoms with Gasteiger partial charge in [0.1, 0.15) is 5.54 Å². The van der Waals surface area contributed by atoms with Crippen LogP contribution in [0.3, 0.4) is 0 Å². The topological polar surface area (TPSA) is 82.6 Å². The van der Waals surface area contributed by atoms with Gasteiger partial charge >= 0.3 is 6.03 Å². The van der Waals surface area contributed by atoms with Crippen molar-refractivity contribution in [2.24, 2.45) is 0 Å². The summed E-state index contributed by atoms with van der Waals surface area (Å²) in [6.07, 6.45) is 3.22. The number of nitrogens with one attached hydrogen (secondary N) is 1. The number of fused-ring (bicyclic) bond motifs is 1. The van der Waals surface area contributed by atoms with Crippen LogP contribution in [-0.4, -0.2) is 39.8 Å². The van der Waals surface area contributed by atoms with E-state index in [0.717, 1.165) is 28.7 Å². The fourth-order valence-electron chi connectivity index (χ4n) is 4.84. The van der Waals surface area contributed by atoms with Gasteiger partial charge in [-0.2, -0.15) is 0 Å². The van der Waals surface area contributed by atoms with Crippen LogP contribution >= 0.6 is 11.3 Å². The number of hydrogen-bond donors (Lipinski definition) is 1. The van der Waals surface area contributed by atoms with Crippen molar-refractivity contribution >= 4 is 50.2 Å². The minimum Gasteiger partial charge on any atom is -0.323 e. The third kappa shape index (κ3) is 3.96. The molecule has 2 aromatic carbocycles. The summed E-state index contributed by atoms with van der Waals surface area (Å²) in [5, 5.41) is 3.46. The number of imide groups is 1. The molecule has 0 atom stereocenters. The molecular formula is C26H28N4O3S. The molecule has 0 unspecified atom stereocenters. The lowest BCUT2D eigenvalue weighted by Gasteiger charge is -2.23. The second-order valence-electron chi connectivity index (χ2n) is 9.37. The van der Waals surface area contributed by atoms with Crippen LogP contribution in [0.4, 0.5) is 15.6 Å². The summed E-state index contributed by atoms with van der Waals surface area (Å²) in [7, 11) is 0. The van der Waals surface area contributed by atoms with Gasteiger partial charge in [-0.3, -0.25) is 19.4 Å². The molecule has 1 spiro atoms. The highest BCUT2D eigenvalue weighted by atomic mass is 32.1. The van der Waals surface area contributed by atoms with Gasteiger partial charge in [0, 0.05) is 13.0 Å². The lowest BCUT2D eigenvalue weighted by molar-refractivity contribution is -0.131. The van der Waals surface area contributed by atoms with E-state index in [1.807, 2.05) is 48.5 Å². The minimum atomic E-state index is -0.764. The smallest absolute Gasteiger partial charge is 0.323 e. The van der Waals surface area contributed by atoms with E-state index in [4.69, 9.17) is 4.98 Å².